The summed E-state index contributed by atoms with van der Waals surface area (Å²) >= 11 is 6.66. The van der Waals surface area contributed by atoms with Crippen molar-refractivity contribution in [2.45, 2.75) is 32.7 Å². The number of amides is 1. The van der Waals surface area contributed by atoms with Crippen LogP contribution in [0.15, 0.2) is 0 Å². The van der Waals surface area contributed by atoms with E-state index in [1.165, 1.54) is 11.5 Å². The fraction of sp³-hybridized carbons (Fsp3) is 0.667. The highest BCUT2D eigenvalue weighted by atomic mass is 35.5. The van der Waals surface area contributed by atoms with Crippen molar-refractivity contribution < 1.29 is 4.79 Å². The zero-order chi connectivity index (χ0) is 11.5. The van der Waals surface area contributed by atoms with Gasteiger partial charge in [-0.25, -0.2) is 4.98 Å². The van der Waals surface area contributed by atoms with Gasteiger partial charge in [-0.3, -0.25) is 4.79 Å². The van der Waals surface area contributed by atoms with E-state index in [-0.39, 0.29) is 17.2 Å². The molecule has 1 N–H and O–H groups in total. The van der Waals surface area contributed by atoms with Crippen LogP contribution in [-0.2, 0) is 16.8 Å². The summed E-state index contributed by atoms with van der Waals surface area (Å²) in [6, 6.07) is 0. The van der Waals surface area contributed by atoms with Gasteiger partial charge in [0.15, 0.2) is 0 Å². The molecule has 4 nitrogen and oxygen atoms in total. The fourth-order valence-corrected chi connectivity index (χ4v) is 1.72. The molecule has 15 heavy (non-hydrogen) atoms. The molecule has 0 aliphatic carbocycles. The topological polar surface area (TPSA) is 54.9 Å². The van der Waals surface area contributed by atoms with Gasteiger partial charge in [-0.2, -0.15) is 4.37 Å². The molecule has 0 bridgehead atoms. The highest BCUT2D eigenvalue weighted by molar-refractivity contribution is 7.05. The maximum absolute atomic E-state index is 10.9. The van der Waals surface area contributed by atoms with Gasteiger partial charge in [0.25, 0.3) is 0 Å². The largest absolute Gasteiger partial charge is 0.348 e. The van der Waals surface area contributed by atoms with E-state index in [2.05, 4.69) is 35.4 Å². The molecule has 0 radical (unpaired) electrons. The molecule has 0 aliphatic heterocycles. The third-order valence-electron chi connectivity index (χ3n) is 1.70. The van der Waals surface area contributed by atoms with Crippen molar-refractivity contribution in [3.05, 3.63) is 10.8 Å². The van der Waals surface area contributed by atoms with E-state index in [0.717, 1.165) is 10.8 Å². The SMILES string of the molecule is CC(C)(C)c1nsc(CNC(=O)CCl)n1. The summed E-state index contributed by atoms with van der Waals surface area (Å²) < 4.78 is 4.24. The Kier molecular flexibility index (Phi) is 4.04. The summed E-state index contributed by atoms with van der Waals surface area (Å²) in [5.74, 6) is 0.595. The number of nitrogens with one attached hydrogen (secondary N) is 1. The van der Waals surface area contributed by atoms with Gasteiger partial charge in [0, 0.05) is 5.41 Å². The average Bonchev–Trinajstić information content (AvgIpc) is 2.61. The minimum Gasteiger partial charge on any atom is -0.348 e. The molecule has 1 aromatic heterocycles. The van der Waals surface area contributed by atoms with E-state index in [1.807, 2.05) is 0 Å². The van der Waals surface area contributed by atoms with Crippen molar-refractivity contribution >= 4 is 29.0 Å². The molecule has 1 amide bonds. The van der Waals surface area contributed by atoms with Crippen molar-refractivity contribution in [3.8, 4) is 0 Å². The van der Waals surface area contributed by atoms with Crippen molar-refractivity contribution in [3.63, 3.8) is 0 Å². The lowest BCUT2D eigenvalue weighted by molar-refractivity contribution is -0.118. The van der Waals surface area contributed by atoms with Crippen LogP contribution in [0.4, 0.5) is 0 Å². The number of hydrogen-bond acceptors (Lipinski definition) is 4. The number of carbonyl (C=O) groups is 1. The van der Waals surface area contributed by atoms with Crippen molar-refractivity contribution in [2.75, 3.05) is 5.88 Å². The molecule has 1 rings (SSSR count). The van der Waals surface area contributed by atoms with Crippen LogP contribution in [0.25, 0.3) is 0 Å². The molecule has 1 heterocycles. The number of hydrogen-bond donors (Lipinski definition) is 1. The number of alkyl halides is 1. The first kappa shape index (κ1) is 12.4. The number of halogens is 1. The Bertz CT molecular complexity index is 345. The van der Waals surface area contributed by atoms with Crippen LogP contribution in [0.1, 0.15) is 31.6 Å². The Hall–Kier alpha value is -0.680. The van der Waals surface area contributed by atoms with E-state index in [4.69, 9.17) is 11.6 Å². The minimum absolute atomic E-state index is 0.0229. The van der Waals surface area contributed by atoms with Gasteiger partial charge in [-0.15, -0.1) is 11.6 Å². The van der Waals surface area contributed by atoms with Gasteiger partial charge in [0.2, 0.25) is 5.91 Å². The molecule has 0 spiro atoms. The first-order chi connectivity index (χ1) is 6.93. The molecule has 0 aromatic carbocycles. The molecule has 0 fully saturated rings. The first-order valence-electron chi connectivity index (χ1n) is 4.59. The van der Waals surface area contributed by atoms with Gasteiger partial charge >= 0.3 is 0 Å². The number of rotatable bonds is 3. The normalized spacial score (nSPS) is 11.5. The molecular formula is C9H14ClN3OS. The van der Waals surface area contributed by atoms with E-state index in [9.17, 15) is 4.79 Å². The summed E-state index contributed by atoms with van der Waals surface area (Å²) in [5.41, 5.74) is -0.0504. The second-order valence-corrected chi connectivity index (χ2v) is 5.28. The highest BCUT2D eigenvalue weighted by Gasteiger charge is 2.19. The molecule has 1 aromatic rings. The summed E-state index contributed by atoms with van der Waals surface area (Å²) in [4.78, 5) is 15.2. The van der Waals surface area contributed by atoms with Crippen molar-refractivity contribution in [1.29, 1.82) is 0 Å². The molecule has 84 valence electrons. The minimum atomic E-state index is -0.191. The summed E-state index contributed by atoms with van der Waals surface area (Å²) in [5, 5.41) is 3.45. The highest BCUT2D eigenvalue weighted by Crippen LogP contribution is 2.20. The molecule has 0 aliphatic rings. The van der Waals surface area contributed by atoms with Crippen LogP contribution < -0.4 is 5.32 Å². The van der Waals surface area contributed by atoms with Crippen LogP contribution in [0.5, 0.6) is 0 Å². The maximum atomic E-state index is 10.9. The number of aromatic nitrogens is 2. The quantitative estimate of drug-likeness (QED) is 0.827. The third kappa shape index (κ3) is 3.76. The summed E-state index contributed by atoms with van der Waals surface area (Å²) in [7, 11) is 0. The second-order valence-electron chi connectivity index (χ2n) is 4.17. The van der Waals surface area contributed by atoms with Gasteiger partial charge in [-0.1, -0.05) is 20.8 Å². The van der Waals surface area contributed by atoms with Crippen LogP contribution in [0.2, 0.25) is 0 Å². The zero-order valence-corrected chi connectivity index (χ0v) is 10.6. The number of nitrogens with zero attached hydrogens (tertiary/aromatic N) is 2. The predicted octanol–water partition coefficient (Wildman–Crippen LogP) is 1.69. The van der Waals surface area contributed by atoms with E-state index >= 15 is 0 Å². The smallest absolute Gasteiger partial charge is 0.235 e. The lowest BCUT2D eigenvalue weighted by Crippen LogP contribution is -2.23. The van der Waals surface area contributed by atoms with E-state index in [1.54, 1.807) is 0 Å². The van der Waals surface area contributed by atoms with E-state index in [0.29, 0.717) is 6.54 Å². The van der Waals surface area contributed by atoms with Gasteiger partial charge < -0.3 is 5.32 Å². The van der Waals surface area contributed by atoms with E-state index < -0.39 is 0 Å². The molecule has 6 heteroatoms. The lowest BCUT2D eigenvalue weighted by Gasteiger charge is -2.12. The first-order valence-corrected chi connectivity index (χ1v) is 5.90. The summed E-state index contributed by atoms with van der Waals surface area (Å²) in [6.45, 7) is 6.56. The Balaban J connectivity index is 2.58. The fourth-order valence-electron chi connectivity index (χ4n) is 0.853. The Morgan fingerprint density at radius 3 is 2.67 bits per heavy atom. The Morgan fingerprint density at radius 2 is 2.20 bits per heavy atom. The van der Waals surface area contributed by atoms with Crippen LogP contribution in [0, 0.1) is 0 Å². The number of carbonyl (C=O) groups excluding carboxylic acids is 1. The van der Waals surface area contributed by atoms with Crippen molar-refractivity contribution in [1.82, 2.24) is 14.7 Å². The monoisotopic (exact) mass is 247 g/mol. The standard InChI is InChI=1S/C9H14ClN3OS/c1-9(2,3)8-12-7(15-13-8)5-11-6(14)4-10/h4-5H2,1-3H3,(H,11,14). The van der Waals surface area contributed by atoms with Gasteiger partial charge in [-0.05, 0) is 11.5 Å². The van der Waals surface area contributed by atoms with Crippen LogP contribution in [-0.4, -0.2) is 21.1 Å². The molecule has 0 saturated carbocycles. The Morgan fingerprint density at radius 1 is 1.53 bits per heavy atom. The average molecular weight is 248 g/mol. The predicted molar refractivity (Wildman–Crippen MR) is 61.2 cm³/mol. The summed E-state index contributed by atoms with van der Waals surface area (Å²) in [6.07, 6.45) is 0. The molecule has 0 saturated heterocycles. The van der Waals surface area contributed by atoms with Gasteiger partial charge in [0.05, 0.1) is 6.54 Å². The van der Waals surface area contributed by atoms with Crippen molar-refractivity contribution in [2.24, 2.45) is 0 Å². The molecule has 0 atom stereocenters. The molecular weight excluding hydrogens is 234 g/mol. The molecule has 0 unspecified atom stereocenters. The van der Waals surface area contributed by atoms with Crippen LogP contribution >= 0.6 is 23.1 Å². The zero-order valence-electron chi connectivity index (χ0n) is 9.00. The third-order valence-corrected chi connectivity index (χ3v) is 2.65. The second kappa shape index (κ2) is 4.90. The van der Waals surface area contributed by atoms with Crippen LogP contribution in [0.3, 0.4) is 0 Å². The van der Waals surface area contributed by atoms with Gasteiger partial charge in [0.1, 0.15) is 16.7 Å². The lowest BCUT2D eigenvalue weighted by atomic mass is 9.96. The maximum Gasteiger partial charge on any atom is 0.235 e. The Labute approximate surface area is 98.2 Å².